The second-order valence-corrected chi connectivity index (χ2v) is 6.23. The Morgan fingerprint density at radius 1 is 0.947 bits per heavy atom. The molecule has 0 spiro atoms. The zero-order valence-corrected chi connectivity index (χ0v) is 12.1. The van der Waals surface area contributed by atoms with Crippen LogP contribution in [0.2, 0.25) is 0 Å². The van der Waals surface area contributed by atoms with Crippen LogP contribution in [0, 0.1) is 20.8 Å². The van der Waals surface area contributed by atoms with Crippen LogP contribution in [0.4, 0.5) is 0 Å². The van der Waals surface area contributed by atoms with Crippen LogP contribution in [0.3, 0.4) is 0 Å². The summed E-state index contributed by atoms with van der Waals surface area (Å²) < 4.78 is 23.8. The van der Waals surface area contributed by atoms with E-state index in [4.69, 9.17) is 5.14 Å². The van der Waals surface area contributed by atoms with E-state index in [0.717, 1.165) is 22.3 Å². The third-order valence-corrected chi connectivity index (χ3v) is 4.56. The van der Waals surface area contributed by atoms with Crippen molar-refractivity contribution in [2.45, 2.75) is 25.7 Å². The zero-order chi connectivity index (χ0) is 14.2. The first-order valence-corrected chi connectivity index (χ1v) is 7.56. The van der Waals surface area contributed by atoms with Crippen LogP contribution in [-0.4, -0.2) is 8.42 Å². The molecule has 2 aromatic rings. The SMILES string of the molecule is Cc1cc(-c2ccccc2)c(S(N)(=O)=O)c(C)c1C. The van der Waals surface area contributed by atoms with Gasteiger partial charge in [-0.3, -0.25) is 0 Å². The van der Waals surface area contributed by atoms with Crippen molar-refractivity contribution in [2.24, 2.45) is 5.14 Å². The molecule has 2 aromatic carbocycles. The van der Waals surface area contributed by atoms with Gasteiger partial charge in [0.2, 0.25) is 10.0 Å². The first-order chi connectivity index (χ1) is 8.82. The molecule has 19 heavy (non-hydrogen) atoms. The number of aryl methyl sites for hydroxylation is 1. The quantitative estimate of drug-likeness (QED) is 0.916. The lowest BCUT2D eigenvalue weighted by Gasteiger charge is -2.15. The largest absolute Gasteiger partial charge is 0.238 e. The molecule has 0 heterocycles. The summed E-state index contributed by atoms with van der Waals surface area (Å²) in [7, 11) is -3.75. The molecule has 4 heteroatoms. The van der Waals surface area contributed by atoms with E-state index in [0.29, 0.717) is 5.56 Å². The molecule has 0 aliphatic heterocycles. The second kappa shape index (κ2) is 4.79. The van der Waals surface area contributed by atoms with E-state index in [-0.39, 0.29) is 4.90 Å². The summed E-state index contributed by atoms with van der Waals surface area (Å²) in [6, 6.07) is 11.3. The fraction of sp³-hybridized carbons (Fsp3) is 0.200. The molecule has 2 N–H and O–H groups in total. The molecule has 0 aliphatic carbocycles. The molecule has 0 amide bonds. The van der Waals surface area contributed by atoms with Crippen LogP contribution in [0.1, 0.15) is 16.7 Å². The number of benzene rings is 2. The van der Waals surface area contributed by atoms with Gasteiger partial charge in [-0.2, -0.15) is 0 Å². The average Bonchev–Trinajstić information content (AvgIpc) is 2.35. The normalized spacial score (nSPS) is 11.6. The molecule has 0 bridgehead atoms. The predicted molar refractivity (Wildman–Crippen MR) is 77.5 cm³/mol. The minimum atomic E-state index is -3.75. The van der Waals surface area contributed by atoms with Gasteiger partial charge in [0.1, 0.15) is 0 Å². The van der Waals surface area contributed by atoms with Gasteiger partial charge in [0, 0.05) is 5.56 Å². The predicted octanol–water partition coefficient (Wildman–Crippen LogP) is 2.93. The highest BCUT2D eigenvalue weighted by atomic mass is 32.2. The zero-order valence-electron chi connectivity index (χ0n) is 11.3. The summed E-state index contributed by atoms with van der Waals surface area (Å²) in [6.07, 6.45) is 0. The molecule has 0 aromatic heterocycles. The molecule has 0 unspecified atom stereocenters. The van der Waals surface area contributed by atoms with Gasteiger partial charge in [0.25, 0.3) is 0 Å². The van der Waals surface area contributed by atoms with Gasteiger partial charge in [-0.15, -0.1) is 0 Å². The van der Waals surface area contributed by atoms with Crippen molar-refractivity contribution in [3.05, 3.63) is 53.1 Å². The lowest BCUT2D eigenvalue weighted by atomic mass is 9.96. The summed E-state index contributed by atoms with van der Waals surface area (Å²) in [5, 5.41) is 5.39. The average molecular weight is 275 g/mol. The Labute approximate surface area is 114 Å². The lowest BCUT2D eigenvalue weighted by molar-refractivity contribution is 0.597. The molecular weight excluding hydrogens is 258 g/mol. The summed E-state index contributed by atoms with van der Waals surface area (Å²) >= 11 is 0. The fourth-order valence-electron chi connectivity index (χ4n) is 2.26. The van der Waals surface area contributed by atoms with E-state index in [1.54, 1.807) is 6.92 Å². The van der Waals surface area contributed by atoms with Crippen molar-refractivity contribution in [1.82, 2.24) is 0 Å². The summed E-state index contributed by atoms with van der Waals surface area (Å²) in [5.41, 5.74) is 4.27. The Kier molecular flexibility index (Phi) is 3.47. The Morgan fingerprint density at radius 2 is 1.53 bits per heavy atom. The maximum atomic E-state index is 11.9. The first kappa shape index (κ1) is 13.8. The van der Waals surface area contributed by atoms with E-state index in [9.17, 15) is 8.42 Å². The van der Waals surface area contributed by atoms with Gasteiger partial charge in [-0.1, -0.05) is 30.3 Å². The van der Waals surface area contributed by atoms with Crippen LogP contribution in [-0.2, 0) is 10.0 Å². The highest BCUT2D eigenvalue weighted by Gasteiger charge is 2.20. The number of rotatable bonds is 2. The molecule has 0 aliphatic rings. The number of hydrogen-bond acceptors (Lipinski definition) is 2. The van der Waals surface area contributed by atoms with Gasteiger partial charge in [-0.25, -0.2) is 13.6 Å². The van der Waals surface area contributed by atoms with E-state index in [1.807, 2.05) is 50.2 Å². The van der Waals surface area contributed by atoms with Crippen LogP contribution in [0.5, 0.6) is 0 Å². The van der Waals surface area contributed by atoms with Gasteiger partial charge in [0.15, 0.2) is 0 Å². The monoisotopic (exact) mass is 275 g/mol. The molecule has 0 fully saturated rings. The van der Waals surface area contributed by atoms with Crippen molar-refractivity contribution >= 4 is 10.0 Å². The minimum Gasteiger partial charge on any atom is -0.225 e. The third-order valence-electron chi connectivity index (χ3n) is 3.47. The first-order valence-electron chi connectivity index (χ1n) is 6.01. The Bertz CT molecular complexity index is 720. The molecule has 100 valence electrons. The highest BCUT2D eigenvalue weighted by Crippen LogP contribution is 2.32. The van der Waals surface area contributed by atoms with Crippen molar-refractivity contribution in [3.63, 3.8) is 0 Å². The molecular formula is C15H17NO2S. The van der Waals surface area contributed by atoms with Crippen molar-refractivity contribution in [3.8, 4) is 11.1 Å². The number of nitrogens with two attached hydrogens (primary N) is 1. The number of hydrogen-bond donors (Lipinski definition) is 1. The molecule has 0 radical (unpaired) electrons. The van der Waals surface area contributed by atoms with E-state index < -0.39 is 10.0 Å². The van der Waals surface area contributed by atoms with Crippen molar-refractivity contribution in [1.29, 1.82) is 0 Å². The molecule has 3 nitrogen and oxygen atoms in total. The molecule has 0 saturated carbocycles. The Hall–Kier alpha value is -1.65. The van der Waals surface area contributed by atoms with Gasteiger partial charge in [0.05, 0.1) is 4.90 Å². The number of primary sulfonamides is 1. The van der Waals surface area contributed by atoms with Crippen LogP contribution in [0.15, 0.2) is 41.3 Å². The summed E-state index contributed by atoms with van der Waals surface area (Å²) in [5.74, 6) is 0. The fourth-order valence-corrected chi connectivity index (χ4v) is 3.32. The highest BCUT2D eigenvalue weighted by molar-refractivity contribution is 7.89. The minimum absolute atomic E-state index is 0.224. The van der Waals surface area contributed by atoms with E-state index in [2.05, 4.69) is 0 Å². The van der Waals surface area contributed by atoms with Gasteiger partial charge >= 0.3 is 0 Å². The van der Waals surface area contributed by atoms with Crippen LogP contribution >= 0.6 is 0 Å². The topological polar surface area (TPSA) is 60.2 Å². The maximum absolute atomic E-state index is 11.9. The van der Waals surface area contributed by atoms with Crippen molar-refractivity contribution in [2.75, 3.05) is 0 Å². The van der Waals surface area contributed by atoms with Crippen LogP contribution < -0.4 is 5.14 Å². The van der Waals surface area contributed by atoms with Crippen LogP contribution in [0.25, 0.3) is 11.1 Å². The second-order valence-electron chi connectivity index (χ2n) is 4.73. The standard InChI is InChI=1S/C15H17NO2S/c1-10-9-14(13-7-5-4-6-8-13)15(19(16,17)18)12(3)11(10)2/h4-9H,1-3H3,(H2,16,17,18). The van der Waals surface area contributed by atoms with Gasteiger partial charge < -0.3 is 0 Å². The van der Waals surface area contributed by atoms with Crippen molar-refractivity contribution < 1.29 is 8.42 Å². The van der Waals surface area contributed by atoms with Gasteiger partial charge in [-0.05, 0) is 49.1 Å². The smallest absolute Gasteiger partial charge is 0.225 e. The van der Waals surface area contributed by atoms with E-state index >= 15 is 0 Å². The summed E-state index contributed by atoms with van der Waals surface area (Å²) in [4.78, 5) is 0.224. The number of sulfonamides is 1. The lowest BCUT2D eigenvalue weighted by Crippen LogP contribution is -2.16. The third kappa shape index (κ3) is 2.55. The van der Waals surface area contributed by atoms with E-state index in [1.165, 1.54) is 0 Å². The molecule has 0 atom stereocenters. The molecule has 2 rings (SSSR count). The molecule has 0 saturated heterocycles. The Balaban J connectivity index is 2.89. The Morgan fingerprint density at radius 3 is 2.05 bits per heavy atom. The summed E-state index contributed by atoms with van der Waals surface area (Å²) in [6.45, 7) is 5.68. The maximum Gasteiger partial charge on any atom is 0.238 e.